The van der Waals surface area contributed by atoms with Crippen molar-refractivity contribution in [1.82, 2.24) is 0 Å². The molecule has 106 valence electrons. The maximum Gasteiger partial charge on any atom is 0.123 e. The summed E-state index contributed by atoms with van der Waals surface area (Å²) in [5.41, 5.74) is 2.25. The molecule has 0 aliphatic heterocycles. The van der Waals surface area contributed by atoms with E-state index in [9.17, 15) is 4.39 Å². The molecular formula is C18H23FSi. The van der Waals surface area contributed by atoms with E-state index >= 15 is 0 Å². The van der Waals surface area contributed by atoms with Crippen LogP contribution >= 0.6 is 0 Å². The normalized spacial score (nSPS) is 11.6. The fraction of sp³-hybridized carbons (Fsp3) is 0.333. The molecule has 0 aromatic heterocycles. The van der Waals surface area contributed by atoms with Gasteiger partial charge in [-0.3, -0.25) is 0 Å². The summed E-state index contributed by atoms with van der Waals surface area (Å²) in [6.07, 6.45) is 0. The van der Waals surface area contributed by atoms with Gasteiger partial charge in [-0.1, -0.05) is 80.5 Å². The Hall–Kier alpha value is -1.41. The standard InChI is InChI=1S/C18H23FSi/c1-4-20(5-2,6-3)18-13-9-16(10-14-18)15-7-11-17(19)12-8-15/h7-14H,4-6H2,1-3H3. The van der Waals surface area contributed by atoms with E-state index in [0.717, 1.165) is 5.56 Å². The summed E-state index contributed by atoms with van der Waals surface area (Å²) in [7, 11) is -1.29. The Morgan fingerprint density at radius 1 is 0.700 bits per heavy atom. The van der Waals surface area contributed by atoms with Gasteiger partial charge in [-0.05, 0) is 23.3 Å². The molecule has 2 heteroatoms. The Morgan fingerprint density at radius 2 is 1.10 bits per heavy atom. The van der Waals surface area contributed by atoms with Gasteiger partial charge in [-0.15, -0.1) is 0 Å². The van der Waals surface area contributed by atoms with Gasteiger partial charge >= 0.3 is 0 Å². The second-order valence-electron chi connectivity index (χ2n) is 5.43. The average molecular weight is 286 g/mol. The zero-order valence-corrected chi connectivity index (χ0v) is 13.6. The molecular weight excluding hydrogens is 263 g/mol. The second kappa shape index (κ2) is 6.36. The molecule has 0 fully saturated rings. The van der Waals surface area contributed by atoms with Crippen LogP contribution in [-0.4, -0.2) is 8.07 Å². The Bertz CT molecular complexity index is 530. The van der Waals surface area contributed by atoms with Gasteiger partial charge in [-0.2, -0.15) is 0 Å². The van der Waals surface area contributed by atoms with Crippen LogP contribution < -0.4 is 5.19 Å². The largest absolute Gasteiger partial charge is 0.207 e. The topological polar surface area (TPSA) is 0 Å². The van der Waals surface area contributed by atoms with Gasteiger partial charge in [0.25, 0.3) is 0 Å². The van der Waals surface area contributed by atoms with Crippen molar-refractivity contribution in [3.8, 4) is 11.1 Å². The predicted octanol–water partition coefficient (Wildman–Crippen LogP) is 5.21. The lowest BCUT2D eigenvalue weighted by Gasteiger charge is -2.28. The first kappa shape index (κ1) is 15.0. The predicted molar refractivity (Wildman–Crippen MR) is 88.7 cm³/mol. The SMILES string of the molecule is CC[Si](CC)(CC)c1ccc(-c2ccc(F)cc2)cc1. The third-order valence-corrected chi connectivity index (χ3v) is 10.3. The fourth-order valence-electron chi connectivity index (χ4n) is 3.02. The maximum absolute atomic E-state index is 13.0. The molecule has 0 nitrogen and oxygen atoms in total. The Labute approximate surface area is 122 Å². The highest BCUT2D eigenvalue weighted by Crippen LogP contribution is 2.23. The summed E-state index contributed by atoms with van der Waals surface area (Å²) in [6.45, 7) is 6.98. The van der Waals surface area contributed by atoms with Gasteiger partial charge in [0.15, 0.2) is 0 Å². The number of benzene rings is 2. The van der Waals surface area contributed by atoms with Crippen LogP contribution in [0.5, 0.6) is 0 Å². The summed E-state index contributed by atoms with van der Waals surface area (Å²) in [5.74, 6) is -0.181. The Kier molecular flexibility index (Phi) is 4.76. The molecule has 0 unspecified atom stereocenters. The molecule has 0 atom stereocenters. The highest BCUT2D eigenvalue weighted by atomic mass is 28.3. The zero-order valence-electron chi connectivity index (χ0n) is 12.6. The van der Waals surface area contributed by atoms with Crippen molar-refractivity contribution in [2.24, 2.45) is 0 Å². The monoisotopic (exact) mass is 286 g/mol. The first-order valence-corrected chi connectivity index (χ1v) is 10.1. The van der Waals surface area contributed by atoms with E-state index in [1.165, 1.54) is 35.8 Å². The molecule has 0 spiro atoms. The van der Waals surface area contributed by atoms with Crippen LogP contribution in [0.2, 0.25) is 18.1 Å². The summed E-state index contributed by atoms with van der Waals surface area (Å²) >= 11 is 0. The first-order valence-electron chi connectivity index (χ1n) is 7.51. The smallest absolute Gasteiger partial charge is 0.123 e. The van der Waals surface area contributed by atoms with Crippen molar-refractivity contribution in [1.29, 1.82) is 0 Å². The van der Waals surface area contributed by atoms with E-state index in [-0.39, 0.29) is 5.82 Å². The van der Waals surface area contributed by atoms with Gasteiger partial charge in [0.1, 0.15) is 5.82 Å². The van der Waals surface area contributed by atoms with Crippen LogP contribution in [0.15, 0.2) is 48.5 Å². The van der Waals surface area contributed by atoms with Crippen LogP contribution in [-0.2, 0) is 0 Å². The van der Waals surface area contributed by atoms with Gasteiger partial charge in [0.05, 0.1) is 8.07 Å². The molecule has 0 saturated heterocycles. The van der Waals surface area contributed by atoms with Crippen LogP contribution in [0.4, 0.5) is 4.39 Å². The minimum absolute atomic E-state index is 0.181. The van der Waals surface area contributed by atoms with E-state index in [1.807, 2.05) is 12.1 Å². The van der Waals surface area contributed by atoms with E-state index in [2.05, 4.69) is 45.0 Å². The third kappa shape index (κ3) is 2.85. The number of rotatable bonds is 5. The Balaban J connectivity index is 2.32. The quantitative estimate of drug-likeness (QED) is 0.662. The maximum atomic E-state index is 13.0. The van der Waals surface area contributed by atoms with Gasteiger partial charge in [0.2, 0.25) is 0 Å². The van der Waals surface area contributed by atoms with Crippen LogP contribution in [0.3, 0.4) is 0 Å². The van der Waals surface area contributed by atoms with Crippen LogP contribution in [0, 0.1) is 5.82 Å². The number of hydrogen-bond donors (Lipinski definition) is 0. The lowest BCUT2D eigenvalue weighted by Crippen LogP contribution is -2.45. The fourth-order valence-corrected chi connectivity index (χ4v) is 6.62. The third-order valence-electron chi connectivity index (χ3n) is 4.71. The van der Waals surface area contributed by atoms with E-state index < -0.39 is 8.07 Å². The number of hydrogen-bond acceptors (Lipinski definition) is 0. The van der Waals surface area contributed by atoms with Crippen LogP contribution in [0.25, 0.3) is 11.1 Å². The van der Waals surface area contributed by atoms with Crippen molar-refractivity contribution in [2.45, 2.75) is 38.9 Å². The molecule has 0 aliphatic carbocycles. The van der Waals surface area contributed by atoms with E-state index in [1.54, 1.807) is 5.19 Å². The summed E-state index contributed by atoms with van der Waals surface area (Å²) < 4.78 is 13.0. The Morgan fingerprint density at radius 3 is 1.50 bits per heavy atom. The minimum atomic E-state index is -1.29. The highest BCUT2D eigenvalue weighted by molar-refractivity contribution is 6.91. The molecule has 0 bridgehead atoms. The van der Waals surface area contributed by atoms with Crippen molar-refractivity contribution < 1.29 is 4.39 Å². The van der Waals surface area contributed by atoms with Gasteiger partial charge in [-0.25, -0.2) is 4.39 Å². The lowest BCUT2D eigenvalue weighted by molar-refractivity contribution is 0.628. The molecule has 0 aliphatic rings. The first-order chi connectivity index (χ1) is 9.65. The van der Waals surface area contributed by atoms with Gasteiger partial charge in [0, 0.05) is 0 Å². The highest BCUT2D eigenvalue weighted by Gasteiger charge is 2.28. The molecule has 20 heavy (non-hydrogen) atoms. The van der Waals surface area contributed by atoms with Crippen molar-refractivity contribution in [2.75, 3.05) is 0 Å². The summed E-state index contributed by atoms with van der Waals surface area (Å²) in [4.78, 5) is 0. The summed E-state index contributed by atoms with van der Waals surface area (Å²) in [6, 6.07) is 19.6. The second-order valence-corrected chi connectivity index (χ2v) is 10.7. The molecule has 0 heterocycles. The van der Waals surface area contributed by atoms with Crippen molar-refractivity contribution in [3.63, 3.8) is 0 Å². The zero-order chi connectivity index (χ0) is 14.6. The van der Waals surface area contributed by atoms with E-state index in [0.29, 0.717) is 0 Å². The summed E-state index contributed by atoms with van der Waals surface area (Å²) in [5, 5.41) is 1.55. The molecule has 2 aromatic carbocycles. The van der Waals surface area contributed by atoms with Crippen LogP contribution in [0.1, 0.15) is 20.8 Å². The molecule has 2 rings (SSSR count). The molecule has 0 amide bonds. The average Bonchev–Trinajstić information content (AvgIpc) is 2.51. The molecule has 0 radical (unpaired) electrons. The molecule has 0 N–H and O–H groups in total. The lowest BCUT2D eigenvalue weighted by atomic mass is 10.1. The van der Waals surface area contributed by atoms with Crippen molar-refractivity contribution in [3.05, 3.63) is 54.3 Å². The van der Waals surface area contributed by atoms with E-state index in [4.69, 9.17) is 0 Å². The van der Waals surface area contributed by atoms with Crippen molar-refractivity contribution >= 4 is 13.3 Å². The molecule has 0 saturated carbocycles. The minimum Gasteiger partial charge on any atom is -0.207 e. The van der Waals surface area contributed by atoms with Gasteiger partial charge < -0.3 is 0 Å². The number of halogens is 1. The molecule has 2 aromatic rings.